The highest BCUT2D eigenvalue weighted by molar-refractivity contribution is 9.10. The summed E-state index contributed by atoms with van der Waals surface area (Å²) in [7, 11) is 0. The Morgan fingerprint density at radius 1 is 1.44 bits per heavy atom. The molecule has 1 unspecified atom stereocenters. The summed E-state index contributed by atoms with van der Waals surface area (Å²) in [6.07, 6.45) is 2.35. The molecule has 6 nitrogen and oxygen atoms in total. The van der Waals surface area contributed by atoms with Crippen molar-refractivity contribution in [3.63, 3.8) is 0 Å². The van der Waals surface area contributed by atoms with Crippen LogP contribution in [0.3, 0.4) is 0 Å². The van der Waals surface area contributed by atoms with Gasteiger partial charge in [-0.2, -0.15) is 4.98 Å². The third-order valence-corrected chi connectivity index (χ3v) is 3.51. The lowest BCUT2D eigenvalue weighted by Gasteiger charge is -2.14. The smallest absolute Gasteiger partial charge is 0.249 e. The molecule has 7 heteroatoms. The highest BCUT2D eigenvalue weighted by Gasteiger charge is 2.38. The Morgan fingerprint density at radius 2 is 2.33 bits per heavy atom. The number of nitrogens with two attached hydrogens (primary N) is 1. The average Bonchev–Trinajstić information content (AvgIpc) is 2.99. The summed E-state index contributed by atoms with van der Waals surface area (Å²) in [5.41, 5.74) is 6.12. The van der Waals surface area contributed by atoms with Crippen LogP contribution in [-0.2, 0) is 10.3 Å². The van der Waals surface area contributed by atoms with Crippen LogP contribution < -0.4 is 5.73 Å². The lowest BCUT2D eigenvalue weighted by Crippen LogP contribution is -2.37. The van der Waals surface area contributed by atoms with Gasteiger partial charge in [-0.05, 0) is 34.5 Å². The first-order chi connectivity index (χ1) is 8.69. The molecule has 0 aromatic carbocycles. The van der Waals surface area contributed by atoms with Crippen LogP contribution in [-0.4, -0.2) is 28.3 Å². The molecule has 0 amide bonds. The Morgan fingerprint density at radius 3 is 3.06 bits per heavy atom. The minimum Gasteiger partial charge on any atom is -0.379 e. The van der Waals surface area contributed by atoms with E-state index in [1.165, 1.54) is 0 Å². The maximum absolute atomic E-state index is 6.16. The molecule has 94 valence electrons. The molecule has 3 heterocycles. The first-order valence-corrected chi connectivity index (χ1v) is 6.30. The summed E-state index contributed by atoms with van der Waals surface area (Å²) in [6.45, 7) is 1.01. The molecule has 18 heavy (non-hydrogen) atoms. The van der Waals surface area contributed by atoms with Crippen LogP contribution in [0, 0.1) is 0 Å². The molecule has 1 atom stereocenters. The molecule has 0 bridgehead atoms. The number of pyridine rings is 1. The van der Waals surface area contributed by atoms with Crippen molar-refractivity contribution in [3.8, 4) is 11.5 Å². The maximum Gasteiger partial charge on any atom is 0.249 e. The first-order valence-electron chi connectivity index (χ1n) is 5.51. The van der Waals surface area contributed by atoms with Gasteiger partial charge in [-0.3, -0.25) is 4.98 Å². The van der Waals surface area contributed by atoms with Crippen LogP contribution in [0.4, 0.5) is 0 Å². The summed E-state index contributed by atoms with van der Waals surface area (Å²) in [4.78, 5) is 8.53. The topological polar surface area (TPSA) is 87.1 Å². The quantitative estimate of drug-likeness (QED) is 0.903. The molecule has 3 rings (SSSR count). The molecule has 2 aromatic heterocycles. The fourth-order valence-electron chi connectivity index (χ4n) is 1.82. The highest BCUT2D eigenvalue weighted by Crippen LogP contribution is 2.29. The first kappa shape index (κ1) is 11.8. The maximum atomic E-state index is 6.16. The van der Waals surface area contributed by atoms with E-state index in [2.05, 4.69) is 31.1 Å². The van der Waals surface area contributed by atoms with E-state index in [4.69, 9.17) is 15.0 Å². The average molecular weight is 311 g/mol. The second kappa shape index (κ2) is 4.42. The van der Waals surface area contributed by atoms with Gasteiger partial charge in [0.15, 0.2) is 0 Å². The molecule has 0 saturated carbocycles. The number of hydrogen-bond acceptors (Lipinski definition) is 6. The lowest BCUT2D eigenvalue weighted by molar-refractivity contribution is 0.166. The van der Waals surface area contributed by atoms with Crippen LogP contribution in [0.15, 0.2) is 27.3 Å². The van der Waals surface area contributed by atoms with Crippen molar-refractivity contribution in [1.29, 1.82) is 0 Å². The molecular formula is C11H11BrN4O2. The number of hydrogen-bond donors (Lipinski definition) is 1. The Hall–Kier alpha value is -1.31. The van der Waals surface area contributed by atoms with Crippen molar-refractivity contribution in [3.05, 3.63) is 28.7 Å². The van der Waals surface area contributed by atoms with Crippen LogP contribution in [0.25, 0.3) is 11.5 Å². The standard InChI is InChI=1S/C11H11BrN4O2/c12-7-2-1-4-14-8(7)9-15-10(18-16-9)11(13)3-5-17-6-11/h1-2,4H,3,5-6,13H2. The van der Waals surface area contributed by atoms with Crippen molar-refractivity contribution in [2.75, 3.05) is 13.2 Å². The Bertz CT molecular complexity index is 566. The van der Waals surface area contributed by atoms with Crippen molar-refractivity contribution < 1.29 is 9.26 Å². The number of nitrogens with zero attached hydrogens (tertiary/aromatic N) is 3. The minimum atomic E-state index is -0.674. The van der Waals surface area contributed by atoms with Crippen molar-refractivity contribution in [1.82, 2.24) is 15.1 Å². The van der Waals surface area contributed by atoms with Crippen molar-refractivity contribution in [2.45, 2.75) is 12.0 Å². The molecule has 0 spiro atoms. The molecule has 0 aliphatic carbocycles. The van der Waals surface area contributed by atoms with Crippen LogP contribution in [0.5, 0.6) is 0 Å². The summed E-state index contributed by atoms with van der Waals surface area (Å²) >= 11 is 3.40. The monoisotopic (exact) mass is 310 g/mol. The normalized spacial score (nSPS) is 23.4. The number of aromatic nitrogens is 3. The van der Waals surface area contributed by atoms with E-state index >= 15 is 0 Å². The third-order valence-electron chi connectivity index (χ3n) is 2.87. The fourth-order valence-corrected chi connectivity index (χ4v) is 2.25. The SMILES string of the molecule is NC1(c2nc(-c3ncccc3Br)no2)CCOC1. The summed E-state index contributed by atoms with van der Waals surface area (Å²) < 4.78 is 11.3. The Labute approximate surface area is 112 Å². The number of halogens is 1. The second-order valence-electron chi connectivity index (χ2n) is 4.22. The Kier molecular flexibility index (Phi) is 2.89. The molecule has 1 fully saturated rings. The largest absolute Gasteiger partial charge is 0.379 e. The summed E-state index contributed by atoms with van der Waals surface area (Å²) in [6, 6.07) is 3.69. The zero-order valence-corrected chi connectivity index (χ0v) is 11.1. The molecule has 2 N–H and O–H groups in total. The number of ether oxygens (including phenoxy) is 1. The van der Waals surface area contributed by atoms with Gasteiger partial charge in [-0.1, -0.05) is 5.16 Å². The van der Waals surface area contributed by atoms with E-state index in [9.17, 15) is 0 Å². The van der Waals surface area contributed by atoms with Crippen LogP contribution >= 0.6 is 15.9 Å². The lowest BCUT2D eigenvalue weighted by atomic mass is 10.0. The molecule has 0 radical (unpaired) electrons. The van der Waals surface area contributed by atoms with Gasteiger partial charge in [0.2, 0.25) is 11.7 Å². The molecular weight excluding hydrogens is 300 g/mol. The van der Waals surface area contributed by atoms with E-state index in [-0.39, 0.29) is 0 Å². The van der Waals surface area contributed by atoms with E-state index in [0.717, 1.165) is 4.47 Å². The molecule has 1 saturated heterocycles. The van der Waals surface area contributed by atoms with Gasteiger partial charge in [0.25, 0.3) is 0 Å². The van der Waals surface area contributed by atoms with Gasteiger partial charge in [-0.15, -0.1) is 0 Å². The molecule has 1 aliphatic rings. The van der Waals surface area contributed by atoms with E-state index in [1.54, 1.807) is 6.20 Å². The minimum absolute atomic E-state index is 0.396. The van der Waals surface area contributed by atoms with Gasteiger partial charge < -0.3 is 15.0 Å². The molecule has 2 aromatic rings. The zero-order chi connectivity index (χ0) is 12.6. The molecule has 1 aliphatic heterocycles. The number of rotatable bonds is 2. The summed E-state index contributed by atoms with van der Waals surface area (Å²) in [5.74, 6) is 0.821. The predicted molar refractivity (Wildman–Crippen MR) is 66.5 cm³/mol. The Balaban J connectivity index is 1.97. The van der Waals surface area contributed by atoms with Gasteiger partial charge in [0.1, 0.15) is 11.2 Å². The van der Waals surface area contributed by atoms with Crippen LogP contribution in [0.1, 0.15) is 12.3 Å². The van der Waals surface area contributed by atoms with Gasteiger partial charge in [-0.25, -0.2) is 0 Å². The van der Waals surface area contributed by atoms with Gasteiger partial charge >= 0.3 is 0 Å². The zero-order valence-electron chi connectivity index (χ0n) is 9.47. The second-order valence-corrected chi connectivity index (χ2v) is 5.07. The van der Waals surface area contributed by atoms with Gasteiger partial charge in [0, 0.05) is 17.3 Å². The van der Waals surface area contributed by atoms with Crippen molar-refractivity contribution >= 4 is 15.9 Å². The van der Waals surface area contributed by atoms with Gasteiger partial charge in [0.05, 0.1) is 6.61 Å². The van der Waals surface area contributed by atoms with Crippen molar-refractivity contribution in [2.24, 2.45) is 5.73 Å². The van der Waals surface area contributed by atoms with E-state index in [1.807, 2.05) is 12.1 Å². The van der Waals surface area contributed by atoms with Crippen LogP contribution in [0.2, 0.25) is 0 Å². The van der Waals surface area contributed by atoms with E-state index < -0.39 is 5.54 Å². The summed E-state index contributed by atoms with van der Waals surface area (Å²) in [5, 5.41) is 3.92. The third kappa shape index (κ3) is 1.94. The highest BCUT2D eigenvalue weighted by atomic mass is 79.9. The van der Waals surface area contributed by atoms with E-state index in [0.29, 0.717) is 37.0 Å². The fraction of sp³-hybridized carbons (Fsp3) is 0.364. The predicted octanol–water partition coefficient (Wildman–Crippen LogP) is 1.47.